The molecule has 3 heteroatoms. The quantitative estimate of drug-likeness (QED) is 0.0969. The molecule has 0 spiro atoms. The zero-order valence-electron chi connectivity index (χ0n) is 22.1. The molecule has 0 amide bonds. The number of hydrogen-bond donors (Lipinski definition) is 0. The molecular formula is C30H54O3. The molecule has 0 aliphatic carbocycles. The van der Waals surface area contributed by atoms with E-state index in [4.69, 9.17) is 0 Å². The average molecular weight is 463 g/mol. The summed E-state index contributed by atoms with van der Waals surface area (Å²) in [6, 6.07) is 0. The summed E-state index contributed by atoms with van der Waals surface area (Å²) >= 11 is 0. The molecule has 0 saturated heterocycles. The van der Waals surface area contributed by atoms with E-state index in [1.807, 2.05) is 6.92 Å². The fourth-order valence-electron chi connectivity index (χ4n) is 2.85. The Balaban J connectivity index is -0.000000409. The highest BCUT2D eigenvalue weighted by atomic mass is 16.1. The van der Waals surface area contributed by atoms with Crippen LogP contribution in [0.3, 0.4) is 0 Å². The second-order valence-electron chi connectivity index (χ2n) is 8.12. The number of rotatable bonds is 21. The van der Waals surface area contributed by atoms with E-state index in [1.54, 1.807) is 0 Å². The lowest BCUT2D eigenvalue weighted by atomic mass is 10.1. The van der Waals surface area contributed by atoms with Crippen LogP contribution in [0.2, 0.25) is 0 Å². The van der Waals surface area contributed by atoms with Crippen LogP contribution in [-0.2, 0) is 14.4 Å². The Kier molecular flexibility index (Phi) is 44.0. The van der Waals surface area contributed by atoms with Crippen molar-refractivity contribution in [2.75, 3.05) is 0 Å². The number of allylic oxidation sites excluding steroid dienone is 6. The Hall–Kier alpha value is -1.77. The van der Waals surface area contributed by atoms with Crippen molar-refractivity contribution >= 4 is 18.9 Å². The van der Waals surface area contributed by atoms with Crippen LogP contribution in [0, 0.1) is 0 Å². The predicted molar refractivity (Wildman–Crippen MR) is 146 cm³/mol. The summed E-state index contributed by atoms with van der Waals surface area (Å²) in [5.41, 5.74) is 0. The van der Waals surface area contributed by atoms with Crippen LogP contribution in [-0.4, -0.2) is 18.9 Å². The van der Waals surface area contributed by atoms with E-state index in [-0.39, 0.29) is 0 Å². The van der Waals surface area contributed by atoms with Gasteiger partial charge in [0.1, 0.15) is 18.9 Å². The van der Waals surface area contributed by atoms with Crippen molar-refractivity contribution < 1.29 is 14.4 Å². The first-order valence-corrected chi connectivity index (χ1v) is 13.5. The number of aldehydes is 3. The maximum atomic E-state index is 9.93. The Labute approximate surface area is 206 Å². The number of unbranched alkanes of at least 4 members (excludes halogenated alkanes) is 13. The van der Waals surface area contributed by atoms with Gasteiger partial charge in [0.2, 0.25) is 0 Å². The summed E-state index contributed by atoms with van der Waals surface area (Å²) in [6.07, 6.45) is 35.9. The molecule has 0 aliphatic rings. The molecule has 0 unspecified atom stereocenters. The van der Waals surface area contributed by atoms with E-state index >= 15 is 0 Å². The molecule has 0 radical (unpaired) electrons. The fourth-order valence-corrected chi connectivity index (χ4v) is 2.85. The van der Waals surface area contributed by atoms with Crippen LogP contribution >= 0.6 is 0 Å². The van der Waals surface area contributed by atoms with Gasteiger partial charge in [0.05, 0.1) is 0 Å². The first-order valence-electron chi connectivity index (χ1n) is 13.5. The van der Waals surface area contributed by atoms with Crippen molar-refractivity contribution in [2.45, 2.75) is 136 Å². The summed E-state index contributed by atoms with van der Waals surface area (Å²) in [5, 5.41) is 0. The van der Waals surface area contributed by atoms with Crippen molar-refractivity contribution in [1.29, 1.82) is 0 Å². The average Bonchev–Trinajstić information content (AvgIpc) is 2.83. The van der Waals surface area contributed by atoms with Crippen molar-refractivity contribution in [2.24, 2.45) is 0 Å². The lowest BCUT2D eigenvalue weighted by Crippen LogP contribution is -1.78. The van der Waals surface area contributed by atoms with Crippen LogP contribution < -0.4 is 0 Å². The smallest absolute Gasteiger partial charge is 0.119 e. The second-order valence-corrected chi connectivity index (χ2v) is 8.12. The molecule has 0 aromatic rings. The molecule has 0 atom stereocenters. The summed E-state index contributed by atoms with van der Waals surface area (Å²) in [7, 11) is 0. The summed E-state index contributed by atoms with van der Waals surface area (Å²) in [6.45, 7) is 6.37. The van der Waals surface area contributed by atoms with Gasteiger partial charge in [-0.2, -0.15) is 0 Å². The van der Waals surface area contributed by atoms with E-state index in [1.165, 1.54) is 57.8 Å². The van der Waals surface area contributed by atoms with Gasteiger partial charge in [-0.25, -0.2) is 0 Å². The highest BCUT2D eigenvalue weighted by Crippen LogP contribution is 2.04. The highest BCUT2D eigenvalue weighted by Gasteiger charge is 1.87. The maximum absolute atomic E-state index is 9.93. The van der Waals surface area contributed by atoms with Crippen LogP contribution in [0.1, 0.15) is 136 Å². The molecule has 0 aromatic heterocycles. The molecular weight excluding hydrogens is 408 g/mol. The SMILES string of the molecule is C/C=C/CCCCCCC=O.CC/C=C/CCCCCC=O.CCC/C=C/CCCCC=O. The monoisotopic (exact) mass is 462 g/mol. The molecule has 0 saturated carbocycles. The largest absolute Gasteiger partial charge is 0.303 e. The molecule has 0 heterocycles. The van der Waals surface area contributed by atoms with Crippen LogP contribution in [0.15, 0.2) is 36.5 Å². The first-order chi connectivity index (χ1) is 16.2. The van der Waals surface area contributed by atoms with Gasteiger partial charge < -0.3 is 14.4 Å². The maximum Gasteiger partial charge on any atom is 0.119 e. The normalized spacial score (nSPS) is 10.6. The van der Waals surface area contributed by atoms with Gasteiger partial charge in [0, 0.05) is 19.3 Å². The zero-order chi connectivity index (χ0) is 25.1. The second kappa shape index (κ2) is 40.6. The van der Waals surface area contributed by atoms with Crippen molar-refractivity contribution in [3.63, 3.8) is 0 Å². The lowest BCUT2D eigenvalue weighted by molar-refractivity contribution is -0.108. The van der Waals surface area contributed by atoms with Crippen LogP contribution in [0.25, 0.3) is 0 Å². The van der Waals surface area contributed by atoms with Crippen molar-refractivity contribution in [3.8, 4) is 0 Å². The van der Waals surface area contributed by atoms with E-state index in [2.05, 4.69) is 50.3 Å². The molecule has 0 aromatic carbocycles. The van der Waals surface area contributed by atoms with Gasteiger partial charge >= 0.3 is 0 Å². The highest BCUT2D eigenvalue weighted by molar-refractivity contribution is 5.49. The Morgan fingerprint density at radius 1 is 0.424 bits per heavy atom. The van der Waals surface area contributed by atoms with Gasteiger partial charge in [0.15, 0.2) is 0 Å². The molecule has 33 heavy (non-hydrogen) atoms. The summed E-state index contributed by atoms with van der Waals surface area (Å²) < 4.78 is 0. The minimum Gasteiger partial charge on any atom is -0.303 e. The molecule has 0 aliphatic heterocycles. The first kappa shape index (κ1) is 35.8. The van der Waals surface area contributed by atoms with Gasteiger partial charge in [-0.15, -0.1) is 0 Å². The summed E-state index contributed by atoms with van der Waals surface area (Å²) in [4.78, 5) is 29.8. The van der Waals surface area contributed by atoms with Gasteiger partial charge in [-0.1, -0.05) is 76.0 Å². The van der Waals surface area contributed by atoms with E-state index < -0.39 is 0 Å². The Morgan fingerprint density at radius 2 is 0.788 bits per heavy atom. The number of carbonyl (C=O) groups excluding carboxylic acids is 3. The molecule has 3 nitrogen and oxygen atoms in total. The van der Waals surface area contributed by atoms with Crippen LogP contribution in [0.5, 0.6) is 0 Å². The Morgan fingerprint density at radius 3 is 1.24 bits per heavy atom. The predicted octanol–water partition coefficient (Wildman–Crippen LogP) is 9.31. The molecule has 0 N–H and O–H groups in total. The van der Waals surface area contributed by atoms with E-state index in [9.17, 15) is 14.4 Å². The lowest BCUT2D eigenvalue weighted by Gasteiger charge is -1.94. The Bertz CT molecular complexity index is 449. The van der Waals surface area contributed by atoms with Crippen molar-refractivity contribution in [3.05, 3.63) is 36.5 Å². The number of carbonyl (C=O) groups is 3. The minimum absolute atomic E-state index is 0.724. The standard InChI is InChI=1S/3C10H18O/c3*1-2-3-4-5-6-7-8-9-10-11/h4-5,10H,2-3,6-9H2,1H3;3-4,10H,2,5-9H2,1H3;2-3,10H,4-9H2,1H3/b5-4+;4-3+;3-2+. The molecule has 0 rings (SSSR count). The zero-order valence-corrected chi connectivity index (χ0v) is 22.1. The van der Waals surface area contributed by atoms with E-state index in [0.29, 0.717) is 0 Å². The molecule has 192 valence electrons. The molecule has 0 fully saturated rings. The fraction of sp³-hybridized carbons (Fsp3) is 0.700. The topological polar surface area (TPSA) is 51.2 Å². The van der Waals surface area contributed by atoms with Crippen molar-refractivity contribution in [1.82, 2.24) is 0 Å². The van der Waals surface area contributed by atoms with E-state index in [0.717, 1.165) is 76.6 Å². The van der Waals surface area contributed by atoms with Crippen LogP contribution in [0.4, 0.5) is 0 Å². The van der Waals surface area contributed by atoms with Gasteiger partial charge in [0.25, 0.3) is 0 Å². The summed E-state index contributed by atoms with van der Waals surface area (Å²) in [5.74, 6) is 0. The third kappa shape index (κ3) is 48.8. The van der Waals surface area contributed by atoms with Gasteiger partial charge in [-0.3, -0.25) is 0 Å². The third-order valence-electron chi connectivity index (χ3n) is 4.84. The third-order valence-corrected chi connectivity index (χ3v) is 4.84. The minimum atomic E-state index is 0.724. The van der Waals surface area contributed by atoms with Gasteiger partial charge in [-0.05, 0) is 77.6 Å². The molecule has 0 bridgehead atoms. The number of hydrogen-bond acceptors (Lipinski definition) is 3.